The van der Waals surface area contributed by atoms with Gasteiger partial charge in [0.1, 0.15) is 0 Å². The second kappa shape index (κ2) is 7.39. The Hall–Kier alpha value is -2.15. The van der Waals surface area contributed by atoms with Crippen molar-refractivity contribution in [2.75, 3.05) is 7.11 Å². The molecule has 0 spiro atoms. The average Bonchev–Trinajstić information content (AvgIpc) is 3.14. The summed E-state index contributed by atoms with van der Waals surface area (Å²) in [5, 5.41) is 9.24. The van der Waals surface area contributed by atoms with Gasteiger partial charge in [0.2, 0.25) is 0 Å². The molecule has 0 aliphatic heterocycles. The van der Waals surface area contributed by atoms with E-state index < -0.39 is 11.4 Å². The van der Waals surface area contributed by atoms with E-state index >= 15 is 0 Å². The van der Waals surface area contributed by atoms with Crippen LogP contribution in [0.5, 0.6) is 11.5 Å². The van der Waals surface area contributed by atoms with Gasteiger partial charge in [0.05, 0.1) is 24.5 Å². The lowest BCUT2D eigenvalue weighted by molar-refractivity contribution is -0.143. The van der Waals surface area contributed by atoms with E-state index in [1.165, 1.54) is 12.8 Å². The average molecular weight is 342 g/mol. The second-order valence-corrected chi connectivity index (χ2v) is 7.23. The van der Waals surface area contributed by atoms with E-state index in [0.29, 0.717) is 25.7 Å². The molecule has 2 aliphatic rings. The van der Waals surface area contributed by atoms with Crippen molar-refractivity contribution in [1.82, 2.24) is 0 Å². The quantitative estimate of drug-likeness (QED) is 0.816. The number of benzene rings is 1. The van der Waals surface area contributed by atoms with E-state index in [4.69, 9.17) is 15.9 Å². The number of carbonyl (C=O) groups is 1. The second-order valence-electron chi connectivity index (χ2n) is 7.23. The van der Waals surface area contributed by atoms with Gasteiger partial charge in [-0.05, 0) is 69.1 Å². The first-order chi connectivity index (χ1) is 12.1. The zero-order valence-corrected chi connectivity index (χ0v) is 14.8. The van der Waals surface area contributed by atoms with Gasteiger partial charge < -0.3 is 14.6 Å². The zero-order chi connectivity index (χ0) is 17.9. The molecule has 2 aliphatic carbocycles. The minimum Gasteiger partial charge on any atom is -0.493 e. The number of ether oxygens (including phenoxy) is 2. The molecule has 0 aromatic heterocycles. The molecular formula is C21H26O4. The molecule has 1 aromatic carbocycles. The van der Waals surface area contributed by atoms with Crippen LogP contribution in [0.4, 0.5) is 0 Å². The van der Waals surface area contributed by atoms with Gasteiger partial charge in [-0.15, -0.1) is 6.42 Å². The molecule has 4 heteroatoms. The Bertz CT molecular complexity index is 659. The standard InChI is InChI=1S/C21H26O4/c1-3-21(12-10-15(11-13-21)20(22)23)16-8-9-18(24-2)19(14-16)25-17-6-4-5-7-17/h1,8-9,14-15,17H,4-7,10-13H2,2H3,(H,22,23)/t15-,21+. The predicted octanol–water partition coefficient (Wildman–Crippen LogP) is 4.16. The zero-order valence-electron chi connectivity index (χ0n) is 14.8. The first-order valence-electron chi connectivity index (χ1n) is 9.14. The number of carboxylic acid groups (broad SMARTS) is 1. The minimum absolute atomic E-state index is 0.244. The number of hydrogen-bond acceptors (Lipinski definition) is 3. The van der Waals surface area contributed by atoms with Crippen LogP contribution in [0.3, 0.4) is 0 Å². The Balaban J connectivity index is 1.85. The van der Waals surface area contributed by atoms with Gasteiger partial charge in [0, 0.05) is 0 Å². The summed E-state index contributed by atoms with van der Waals surface area (Å²) in [5.74, 6) is 3.44. The number of carboxylic acids is 1. The van der Waals surface area contributed by atoms with E-state index in [9.17, 15) is 9.90 Å². The number of rotatable bonds is 5. The Kier molecular flexibility index (Phi) is 5.22. The Morgan fingerprint density at radius 2 is 1.88 bits per heavy atom. The summed E-state index contributed by atoms with van der Waals surface area (Å²) in [6, 6.07) is 5.93. The highest BCUT2D eigenvalue weighted by molar-refractivity contribution is 5.70. The summed E-state index contributed by atoms with van der Waals surface area (Å²) in [7, 11) is 1.64. The highest BCUT2D eigenvalue weighted by atomic mass is 16.5. The van der Waals surface area contributed by atoms with Crippen molar-refractivity contribution in [3.05, 3.63) is 23.8 Å². The van der Waals surface area contributed by atoms with Crippen LogP contribution >= 0.6 is 0 Å². The van der Waals surface area contributed by atoms with Crippen LogP contribution in [0.1, 0.15) is 56.9 Å². The van der Waals surface area contributed by atoms with Crippen LogP contribution in [0.2, 0.25) is 0 Å². The predicted molar refractivity (Wildman–Crippen MR) is 96.0 cm³/mol. The summed E-state index contributed by atoms with van der Waals surface area (Å²) >= 11 is 0. The van der Waals surface area contributed by atoms with Crippen molar-refractivity contribution in [3.63, 3.8) is 0 Å². The van der Waals surface area contributed by atoms with E-state index in [1.54, 1.807) is 7.11 Å². The number of hydrogen-bond donors (Lipinski definition) is 1. The summed E-state index contributed by atoms with van der Waals surface area (Å²) in [6.45, 7) is 0. The molecule has 1 aromatic rings. The van der Waals surface area contributed by atoms with Crippen LogP contribution < -0.4 is 9.47 Å². The number of aliphatic carboxylic acids is 1. The Morgan fingerprint density at radius 3 is 2.44 bits per heavy atom. The Morgan fingerprint density at radius 1 is 1.20 bits per heavy atom. The highest BCUT2D eigenvalue weighted by Crippen LogP contribution is 2.44. The van der Waals surface area contributed by atoms with Gasteiger partial charge >= 0.3 is 5.97 Å². The van der Waals surface area contributed by atoms with Crippen LogP contribution in [0.15, 0.2) is 18.2 Å². The maximum Gasteiger partial charge on any atom is 0.306 e. The van der Waals surface area contributed by atoms with Gasteiger partial charge in [-0.2, -0.15) is 0 Å². The van der Waals surface area contributed by atoms with E-state index in [-0.39, 0.29) is 12.0 Å². The largest absolute Gasteiger partial charge is 0.493 e. The summed E-state index contributed by atoms with van der Waals surface area (Å²) in [6.07, 6.45) is 13.3. The van der Waals surface area contributed by atoms with Crippen LogP contribution in [-0.4, -0.2) is 24.3 Å². The molecular weight excluding hydrogens is 316 g/mol. The maximum absolute atomic E-state index is 11.2. The summed E-state index contributed by atoms with van der Waals surface area (Å²) in [4.78, 5) is 11.2. The molecule has 0 saturated heterocycles. The third kappa shape index (κ3) is 3.61. The van der Waals surface area contributed by atoms with Crippen LogP contribution in [0.25, 0.3) is 0 Å². The fraction of sp³-hybridized carbons (Fsp3) is 0.571. The van der Waals surface area contributed by atoms with Crippen molar-refractivity contribution in [2.24, 2.45) is 5.92 Å². The first kappa shape index (κ1) is 17.7. The molecule has 4 nitrogen and oxygen atoms in total. The molecule has 0 unspecified atom stereocenters. The molecule has 3 rings (SSSR count). The molecule has 134 valence electrons. The maximum atomic E-state index is 11.2. The first-order valence-corrected chi connectivity index (χ1v) is 9.14. The molecule has 25 heavy (non-hydrogen) atoms. The summed E-state index contributed by atoms with van der Waals surface area (Å²) < 4.78 is 11.6. The third-order valence-corrected chi connectivity index (χ3v) is 5.78. The smallest absolute Gasteiger partial charge is 0.306 e. The molecule has 2 fully saturated rings. The molecule has 0 radical (unpaired) electrons. The van der Waals surface area contributed by atoms with E-state index in [2.05, 4.69) is 5.92 Å². The van der Waals surface area contributed by atoms with Crippen molar-refractivity contribution in [2.45, 2.75) is 62.9 Å². The number of methoxy groups -OCH3 is 1. The lowest BCUT2D eigenvalue weighted by Gasteiger charge is -2.36. The van der Waals surface area contributed by atoms with Gasteiger partial charge in [-0.1, -0.05) is 12.0 Å². The SMILES string of the molecule is C#C[C@]1(c2ccc(OC)c(OC3CCCC3)c2)CC[C@@H](C(=O)O)CC1. The van der Waals surface area contributed by atoms with Gasteiger partial charge in [0.15, 0.2) is 11.5 Å². The van der Waals surface area contributed by atoms with Crippen molar-refractivity contribution in [1.29, 1.82) is 0 Å². The monoisotopic (exact) mass is 342 g/mol. The van der Waals surface area contributed by atoms with Crippen LogP contribution in [-0.2, 0) is 10.2 Å². The molecule has 1 N–H and O–H groups in total. The number of terminal acetylenes is 1. The lowest BCUT2D eigenvalue weighted by Crippen LogP contribution is -2.33. The topological polar surface area (TPSA) is 55.8 Å². The molecule has 2 saturated carbocycles. The summed E-state index contributed by atoms with van der Waals surface area (Å²) in [5.41, 5.74) is 0.624. The fourth-order valence-electron chi connectivity index (χ4n) is 4.13. The molecule has 0 amide bonds. The minimum atomic E-state index is -0.717. The van der Waals surface area contributed by atoms with Gasteiger partial charge in [-0.25, -0.2) is 0 Å². The molecule has 0 heterocycles. The fourth-order valence-corrected chi connectivity index (χ4v) is 4.13. The molecule has 0 atom stereocenters. The van der Waals surface area contributed by atoms with E-state index in [0.717, 1.165) is 29.9 Å². The lowest BCUT2D eigenvalue weighted by atomic mass is 9.67. The van der Waals surface area contributed by atoms with Crippen molar-refractivity contribution in [3.8, 4) is 23.8 Å². The Labute approximate surface area is 149 Å². The highest BCUT2D eigenvalue weighted by Gasteiger charge is 2.38. The van der Waals surface area contributed by atoms with Crippen molar-refractivity contribution < 1.29 is 19.4 Å². The van der Waals surface area contributed by atoms with Gasteiger partial charge in [0.25, 0.3) is 0 Å². The van der Waals surface area contributed by atoms with Gasteiger partial charge in [-0.3, -0.25) is 4.79 Å². The normalized spacial score (nSPS) is 26.8. The van der Waals surface area contributed by atoms with Crippen molar-refractivity contribution >= 4 is 5.97 Å². The van der Waals surface area contributed by atoms with Crippen LogP contribution in [0, 0.1) is 18.3 Å². The third-order valence-electron chi connectivity index (χ3n) is 5.78. The van der Waals surface area contributed by atoms with E-state index in [1.807, 2.05) is 18.2 Å². The molecule has 0 bridgehead atoms.